The second-order valence-electron chi connectivity index (χ2n) is 3.35. The van der Waals surface area contributed by atoms with E-state index in [2.05, 4.69) is 14.6 Å². The first-order valence-corrected chi connectivity index (χ1v) is 4.70. The maximum Gasteiger partial charge on any atom is 0.449 e. The van der Waals surface area contributed by atoms with Crippen molar-refractivity contribution in [2.24, 2.45) is 0 Å². The molecule has 0 aliphatic heterocycles. The maximum absolute atomic E-state index is 12.2. The van der Waals surface area contributed by atoms with Gasteiger partial charge < -0.3 is 4.42 Å². The predicted octanol–water partition coefficient (Wildman–Crippen LogP) is 2.81. The van der Waals surface area contributed by atoms with Crippen LogP contribution in [0, 0.1) is 0 Å². The monoisotopic (exact) mass is 230 g/mol. The maximum atomic E-state index is 12.2. The summed E-state index contributed by atoms with van der Waals surface area (Å²) in [5.74, 6) is -0.631. The van der Waals surface area contributed by atoms with Gasteiger partial charge in [-0.05, 0) is 24.6 Å². The first kappa shape index (κ1) is 10.8. The van der Waals surface area contributed by atoms with Crippen molar-refractivity contribution < 1.29 is 17.6 Å². The lowest BCUT2D eigenvalue weighted by Gasteiger charge is -2.00. The average Bonchev–Trinajstić information content (AvgIpc) is 2.85. The van der Waals surface area contributed by atoms with E-state index in [9.17, 15) is 13.2 Å². The molecule has 0 saturated carbocycles. The molecule has 0 amide bonds. The van der Waals surface area contributed by atoms with Gasteiger partial charge in [0.25, 0.3) is 0 Å². The normalized spacial score (nSPS) is 11.9. The molecule has 0 aromatic carbocycles. The molecule has 0 aliphatic carbocycles. The fourth-order valence-electron chi connectivity index (χ4n) is 1.35. The molecule has 2 heterocycles. The van der Waals surface area contributed by atoms with Crippen LogP contribution in [0.25, 0.3) is 0 Å². The van der Waals surface area contributed by atoms with Gasteiger partial charge in [-0.3, -0.25) is 5.10 Å². The van der Waals surface area contributed by atoms with E-state index in [4.69, 9.17) is 0 Å². The minimum absolute atomic E-state index is 0.321. The Balaban J connectivity index is 1.98. The number of aromatic nitrogens is 2. The Labute approximate surface area is 89.3 Å². The molecule has 16 heavy (non-hydrogen) atoms. The highest BCUT2D eigenvalue weighted by molar-refractivity contribution is 5.11. The summed E-state index contributed by atoms with van der Waals surface area (Å²) in [5.41, 5.74) is 0.866. The van der Waals surface area contributed by atoms with Crippen LogP contribution in [-0.2, 0) is 19.0 Å². The summed E-state index contributed by atoms with van der Waals surface area (Å²) in [5, 5.41) is 6.47. The van der Waals surface area contributed by atoms with Crippen LogP contribution in [0.4, 0.5) is 13.2 Å². The van der Waals surface area contributed by atoms with Gasteiger partial charge in [0, 0.05) is 18.3 Å². The van der Waals surface area contributed by atoms with E-state index in [0.717, 1.165) is 11.8 Å². The van der Waals surface area contributed by atoms with Crippen LogP contribution in [0.2, 0.25) is 0 Å². The Kier molecular flexibility index (Phi) is 2.72. The van der Waals surface area contributed by atoms with Crippen molar-refractivity contribution in [1.82, 2.24) is 10.2 Å². The van der Waals surface area contributed by atoms with Gasteiger partial charge in [-0.1, -0.05) is 0 Å². The molecule has 86 valence electrons. The number of halogens is 3. The second-order valence-corrected chi connectivity index (χ2v) is 3.35. The molecule has 2 rings (SSSR count). The van der Waals surface area contributed by atoms with Crippen LogP contribution in [0.15, 0.2) is 28.8 Å². The van der Waals surface area contributed by atoms with Crippen molar-refractivity contribution in [2.45, 2.75) is 19.0 Å². The van der Waals surface area contributed by atoms with Crippen molar-refractivity contribution in [3.05, 3.63) is 41.6 Å². The van der Waals surface area contributed by atoms with Gasteiger partial charge in [-0.25, -0.2) is 0 Å². The van der Waals surface area contributed by atoms with Gasteiger partial charge in [0.05, 0.1) is 0 Å². The van der Waals surface area contributed by atoms with Crippen molar-refractivity contribution in [3.63, 3.8) is 0 Å². The summed E-state index contributed by atoms with van der Waals surface area (Å²) < 4.78 is 41.3. The SMILES string of the molecule is FC(F)(F)c1ccc(CCc2ccn[nH]2)o1. The Morgan fingerprint density at radius 3 is 2.56 bits per heavy atom. The number of nitrogens with one attached hydrogen (secondary N) is 1. The fourth-order valence-corrected chi connectivity index (χ4v) is 1.35. The lowest BCUT2D eigenvalue weighted by Crippen LogP contribution is -2.02. The van der Waals surface area contributed by atoms with Gasteiger partial charge in [-0.2, -0.15) is 18.3 Å². The Hall–Kier alpha value is -1.72. The highest BCUT2D eigenvalue weighted by Crippen LogP contribution is 2.30. The molecule has 6 heteroatoms. The minimum atomic E-state index is -4.41. The van der Waals surface area contributed by atoms with E-state index in [-0.39, 0.29) is 0 Å². The molecular formula is C10H9F3N2O. The first-order chi connectivity index (χ1) is 7.55. The largest absolute Gasteiger partial charge is 0.457 e. The third-order valence-electron chi connectivity index (χ3n) is 2.14. The molecule has 0 unspecified atom stereocenters. The Morgan fingerprint density at radius 1 is 1.19 bits per heavy atom. The number of furan rings is 1. The average molecular weight is 230 g/mol. The molecule has 0 spiro atoms. The summed E-state index contributed by atoms with van der Waals surface area (Å²) >= 11 is 0. The van der Waals surface area contributed by atoms with Crippen molar-refractivity contribution in [2.75, 3.05) is 0 Å². The van der Waals surface area contributed by atoms with Crippen LogP contribution in [-0.4, -0.2) is 10.2 Å². The zero-order chi connectivity index (χ0) is 11.6. The van der Waals surface area contributed by atoms with Crippen molar-refractivity contribution in [1.29, 1.82) is 0 Å². The number of nitrogens with zero attached hydrogens (tertiary/aromatic N) is 1. The predicted molar refractivity (Wildman–Crippen MR) is 49.7 cm³/mol. The molecule has 0 aliphatic rings. The van der Waals surface area contributed by atoms with Gasteiger partial charge >= 0.3 is 6.18 Å². The number of H-pyrrole nitrogens is 1. The van der Waals surface area contributed by atoms with E-state index < -0.39 is 11.9 Å². The topological polar surface area (TPSA) is 41.8 Å². The highest BCUT2D eigenvalue weighted by atomic mass is 19.4. The molecule has 2 aromatic rings. The molecule has 0 bridgehead atoms. The second kappa shape index (κ2) is 4.03. The van der Waals surface area contributed by atoms with Gasteiger partial charge in [0.15, 0.2) is 0 Å². The number of aromatic amines is 1. The number of hydrogen-bond acceptors (Lipinski definition) is 2. The van der Waals surface area contributed by atoms with Gasteiger partial charge in [-0.15, -0.1) is 0 Å². The molecule has 3 nitrogen and oxygen atoms in total. The number of aryl methyl sites for hydroxylation is 2. The van der Waals surface area contributed by atoms with Crippen LogP contribution >= 0.6 is 0 Å². The zero-order valence-electron chi connectivity index (χ0n) is 8.21. The zero-order valence-corrected chi connectivity index (χ0v) is 8.21. The Morgan fingerprint density at radius 2 is 2.00 bits per heavy atom. The molecular weight excluding hydrogens is 221 g/mol. The lowest BCUT2D eigenvalue weighted by atomic mass is 10.2. The van der Waals surface area contributed by atoms with E-state index in [1.165, 1.54) is 6.07 Å². The van der Waals surface area contributed by atoms with Crippen LogP contribution in [0.1, 0.15) is 17.2 Å². The number of alkyl halides is 3. The standard InChI is InChI=1S/C10H9F3N2O/c11-10(12,13)9-4-3-8(16-9)2-1-7-5-6-14-15-7/h3-6H,1-2H2,(H,14,15). The number of rotatable bonds is 3. The minimum Gasteiger partial charge on any atom is -0.457 e. The summed E-state index contributed by atoms with van der Waals surface area (Å²) in [6.45, 7) is 0. The summed E-state index contributed by atoms with van der Waals surface area (Å²) in [6.07, 6.45) is -1.83. The van der Waals surface area contributed by atoms with E-state index in [1.807, 2.05) is 0 Å². The van der Waals surface area contributed by atoms with Gasteiger partial charge in [0.2, 0.25) is 5.76 Å². The molecule has 0 atom stereocenters. The van der Waals surface area contributed by atoms with Crippen LogP contribution in [0.3, 0.4) is 0 Å². The van der Waals surface area contributed by atoms with Crippen molar-refractivity contribution >= 4 is 0 Å². The lowest BCUT2D eigenvalue weighted by molar-refractivity contribution is -0.153. The van der Waals surface area contributed by atoms with Crippen molar-refractivity contribution in [3.8, 4) is 0 Å². The molecule has 2 aromatic heterocycles. The fraction of sp³-hybridized carbons (Fsp3) is 0.300. The summed E-state index contributed by atoms with van der Waals surface area (Å²) in [4.78, 5) is 0. The van der Waals surface area contributed by atoms with Crippen LogP contribution in [0.5, 0.6) is 0 Å². The smallest absolute Gasteiger partial charge is 0.449 e. The van der Waals surface area contributed by atoms with E-state index in [0.29, 0.717) is 18.6 Å². The number of hydrogen-bond donors (Lipinski definition) is 1. The third kappa shape index (κ3) is 2.44. The van der Waals surface area contributed by atoms with Gasteiger partial charge in [0.1, 0.15) is 5.76 Å². The highest BCUT2D eigenvalue weighted by Gasteiger charge is 2.34. The summed E-state index contributed by atoms with van der Waals surface area (Å²) in [6, 6.07) is 4.06. The summed E-state index contributed by atoms with van der Waals surface area (Å²) in [7, 11) is 0. The first-order valence-electron chi connectivity index (χ1n) is 4.70. The molecule has 1 N–H and O–H groups in total. The molecule has 0 radical (unpaired) electrons. The molecule has 0 saturated heterocycles. The molecule has 0 fully saturated rings. The van der Waals surface area contributed by atoms with Crippen LogP contribution < -0.4 is 0 Å². The third-order valence-corrected chi connectivity index (χ3v) is 2.14. The van der Waals surface area contributed by atoms with E-state index >= 15 is 0 Å². The van der Waals surface area contributed by atoms with E-state index in [1.54, 1.807) is 12.3 Å². The Bertz CT molecular complexity index is 445. The quantitative estimate of drug-likeness (QED) is 0.880.